The van der Waals surface area contributed by atoms with E-state index in [4.69, 9.17) is 5.73 Å². The van der Waals surface area contributed by atoms with Crippen LogP contribution in [-0.4, -0.2) is 19.6 Å². The number of nitrogens with two attached hydrogens (primary N) is 1. The van der Waals surface area contributed by atoms with Crippen molar-refractivity contribution >= 4 is 5.97 Å². The van der Waals surface area contributed by atoms with Crippen LogP contribution < -0.4 is 5.73 Å². The first kappa shape index (κ1) is 11.7. The third-order valence-corrected chi connectivity index (χ3v) is 2.21. The van der Waals surface area contributed by atoms with Crippen LogP contribution in [0.2, 0.25) is 0 Å². The number of hydrogen-bond acceptors (Lipinski definition) is 3. The predicted molar refractivity (Wildman–Crippen MR) is 54.7 cm³/mol. The lowest BCUT2D eigenvalue weighted by atomic mass is 10.00. The minimum absolute atomic E-state index is 0.226. The van der Waals surface area contributed by atoms with Gasteiger partial charge in [-0.1, -0.05) is 12.1 Å². The fourth-order valence-corrected chi connectivity index (χ4v) is 1.33. The minimum atomic E-state index is -0.361. The lowest BCUT2D eigenvalue weighted by Crippen LogP contribution is -2.26. The molecule has 82 valence electrons. The summed E-state index contributed by atoms with van der Waals surface area (Å²) >= 11 is 0. The van der Waals surface area contributed by atoms with Gasteiger partial charge < -0.3 is 10.5 Å². The first-order valence-electron chi connectivity index (χ1n) is 4.69. The van der Waals surface area contributed by atoms with Crippen molar-refractivity contribution in [2.45, 2.75) is 6.42 Å². The van der Waals surface area contributed by atoms with Crippen LogP contribution in [0.5, 0.6) is 0 Å². The Balaban J connectivity index is 2.66. The highest BCUT2D eigenvalue weighted by molar-refractivity contribution is 5.72. The van der Waals surface area contributed by atoms with Crippen LogP contribution in [0.1, 0.15) is 5.56 Å². The van der Waals surface area contributed by atoms with Crippen LogP contribution in [0, 0.1) is 11.7 Å². The zero-order valence-corrected chi connectivity index (χ0v) is 8.57. The number of esters is 1. The van der Waals surface area contributed by atoms with Crippen molar-refractivity contribution in [3.8, 4) is 0 Å². The van der Waals surface area contributed by atoms with Gasteiger partial charge in [0.1, 0.15) is 5.82 Å². The van der Waals surface area contributed by atoms with Crippen molar-refractivity contribution in [2.24, 2.45) is 11.7 Å². The van der Waals surface area contributed by atoms with Gasteiger partial charge in [0.2, 0.25) is 0 Å². The molecule has 0 saturated carbocycles. The Bertz CT molecular complexity index is 324. The van der Waals surface area contributed by atoms with Gasteiger partial charge in [0.05, 0.1) is 13.0 Å². The molecular formula is C11H14FNO2. The summed E-state index contributed by atoms with van der Waals surface area (Å²) in [6.07, 6.45) is 0.476. The van der Waals surface area contributed by atoms with Crippen molar-refractivity contribution in [3.63, 3.8) is 0 Å². The van der Waals surface area contributed by atoms with Crippen molar-refractivity contribution in [1.29, 1.82) is 0 Å². The Kier molecular flexibility index (Phi) is 4.24. The van der Waals surface area contributed by atoms with E-state index in [-0.39, 0.29) is 24.2 Å². The first-order chi connectivity index (χ1) is 7.17. The molecule has 0 amide bonds. The van der Waals surface area contributed by atoms with E-state index < -0.39 is 0 Å². The number of hydrogen-bond donors (Lipinski definition) is 1. The molecule has 0 aliphatic rings. The van der Waals surface area contributed by atoms with Crippen LogP contribution in [0.15, 0.2) is 24.3 Å². The highest BCUT2D eigenvalue weighted by Crippen LogP contribution is 2.10. The Morgan fingerprint density at radius 2 is 2.07 bits per heavy atom. The number of benzene rings is 1. The van der Waals surface area contributed by atoms with E-state index in [9.17, 15) is 9.18 Å². The Labute approximate surface area is 88.0 Å². The summed E-state index contributed by atoms with van der Waals surface area (Å²) in [6.45, 7) is 0.226. The molecule has 0 saturated heterocycles. The number of carbonyl (C=O) groups excluding carboxylic acids is 1. The topological polar surface area (TPSA) is 52.3 Å². The first-order valence-corrected chi connectivity index (χ1v) is 4.69. The second kappa shape index (κ2) is 5.46. The van der Waals surface area contributed by atoms with E-state index in [0.717, 1.165) is 5.56 Å². The maximum atomic E-state index is 12.6. The molecule has 4 heteroatoms. The van der Waals surface area contributed by atoms with E-state index in [2.05, 4.69) is 4.74 Å². The van der Waals surface area contributed by atoms with Gasteiger partial charge in [0, 0.05) is 6.54 Å². The highest BCUT2D eigenvalue weighted by atomic mass is 19.1. The van der Waals surface area contributed by atoms with Gasteiger partial charge in [-0.15, -0.1) is 0 Å². The second-order valence-corrected chi connectivity index (χ2v) is 3.29. The maximum absolute atomic E-state index is 12.6. The van der Waals surface area contributed by atoms with Crippen molar-refractivity contribution < 1.29 is 13.9 Å². The molecule has 0 fully saturated rings. The maximum Gasteiger partial charge on any atom is 0.310 e. The lowest BCUT2D eigenvalue weighted by molar-refractivity contribution is -0.145. The largest absolute Gasteiger partial charge is 0.469 e. The molecule has 0 aliphatic heterocycles. The molecule has 0 aliphatic carbocycles. The summed E-state index contributed by atoms with van der Waals surface area (Å²) in [5, 5.41) is 0. The smallest absolute Gasteiger partial charge is 0.310 e. The number of rotatable bonds is 4. The van der Waals surface area contributed by atoms with Gasteiger partial charge in [-0.2, -0.15) is 0 Å². The summed E-state index contributed by atoms with van der Waals surface area (Å²) in [7, 11) is 1.33. The van der Waals surface area contributed by atoms with Crippen molar-refractivity contribution in [2.75, 3.05) is 13.7 Å². The molecule has 2 N–H and O–H groups in total. The fourth-order valence-electron chi connectivity index (χ4n) is 1.33. The monoisotopic (exact) mass is 211 g/mol. The molecule has 1 atom stereocenters. The lowest BCUT2D eigenvalue weighted by Gasteiger charge is -2.11. The predicted octanol–water partition coefficient (Wildman–Crippen LogP) is 1.12. The second-order valence-electron chi connectivity index (χ2n) is 3.29. The summed E-state index contributed by atoms with van der Waals surface area (Å²) < 4.78 is 17.2. The SMILES string of the molecule is COC(=O)C(CN)Cc1ccc(F)cc1. The van der Waals surface area contributed by atoms with E-state index in [1.807, 2.05) is 0 Å². The summed E-state index contributed by atoms with van der Waals surface area (Å²) in [4.78, 5) is 11.2. The summed E-state index contributed by atoms with van der Waals surface area (Å²) in [5.74, 6) is -0.983. The van der Waals surface area contributed by atoms with Gasteiger partial charge in [-0.3, -0.25) is 4.79 Å². The molecule has 1 aromatic rings. The van der Waals surface area contributed by atoms with E-state index in [0.29, 0.717) is 6.42 Å². The van der Waals surface area contributed by atoms with Gasteiger partial charge in [-0.05, 0) is 24.1 Å². The zero-order chi connectivity index (χ0) is 11.3. The molecular weight excluding hydrogens is 197 g/mol. The van der Waals surface area contributed by atoms with Crippen LogP contribution >= 0.6 is 0 Å². The molecule has 0 radical (unpaired) electrons. The van der Waals surface area contributed by atoms with Gasteiger partial charge in [0.25, 0.3) is 0 Å². The Morgan fingerprint density at radius 1 is 1.47 bits per heavy atom. The van der Waals surface area contributed by atoms with Crippen molar-refractivity contribution in [1.82, 2.24) is 0 Å². The molecule has 1 unspecified atom stereocenters. The van der Waals surface area contributed by atoms with Crippen LogP contribution in [0.4, 0.5) is 4.39 Å². The number of ether oxygens (including phenoxy) is 1. The van der Waals surface area contributed by atoms with Crippen molar-refractivity contribution in [3.05, 3.63) is 35.6 Å². The number of methoxy groups -OCH3 is 1. The molecule has 0 bridgehead atoms. The minimum Gasteiger partial charge on any atom is -0.469 e. The van der Waals surface area contributed by atoms with E-state index in [1.165, 1.54) is 19.2 Å². The molecule has 1 rings (SSSR count). The van der Waals surface area contributed by atoms with Crippen LogP contribution in [-0.2, 0) is 16.0 Å². The molecule has 3 nitrogen and oxygen atoms in total. The molecule has 15 heavy (non-hydrogen) atoms. The normalized spacial score (nSPS) is 12.2. The Morgan fingerprint density at radius 3 is 2.53 bits per heavy atom. The quantitative estimate of drug-likeness (QED) is 0.759. The molecule has 0 heterocycles. The Hall–Kier alpha value is -1.42. The number of halogens is 1. The molecule has 0 aromatic heterocycles. The fraction of sp³-hybridized carbons (Fsp3) is 0.364. The van der Waals surface area contributed by atoms with Crippen LogP contribution in [0.3, 0.4) is 0 Å². The number of carbonyl (C=O) groups is 1. The van der Waals surface area contributed by atoms with Crippen LogP contribution in [0.25, 0.3) is 0 Å². The standard InChI is InChI=1S/C11H14FNO2/c1-15-11(14)9(7-13)6-8-2-4-10(12)5-3-8/h2-5,9H,6-7,13H2,1H3. The molecule has 0 spiro atoms. The average molecular weight is 211 g/mol. The zero-order valence-electron chi connectivity index (χ0n) is 8.57. The van der Waals surface area contributed by atoms with Gasteiger partial charge in [-0.25, -0.2) is 4.39 Å². The third-order valence-electron chi connectivity index (χ3n) is 2.21. The van der Waals surface area contributed by atoms with E-state index >= 15 is 0 Å². The summed E-state index contributed by atoms with van der Waals surface area (Å²) in [6, 6.07) is 6.00. The van der Waals surface area contributed by atoms with E-state index in [1.54, 1.807) is 12.1 Å². The highest BCUT2D eigenvalue weighted by Gasteiger charge is 2.17. The average Bonchev–Trinajstić information content (AvgIpc) is 2.27. The van der Waals surface area contributed by atoms with Gasteiger partial charge in [0.15, 0.2) is 0 Å². The van der Waals surface area contributed by atoms with Gasteiger partial charge >= 0.3 is 5.97 Å². The summed E-state index contributed by atoms with van der Waals surface area (Å²) in [5.41, 5.74) is 6.32. The third kappa shape index (κ3) is 3.32. The molecule has 1 aromatic carbocycles.